The van der Waals surface area contributed by atoms with Crippen LogP contribution in [0.3, 0.4) is 0 Å². The lowest BCUT2D eigenvalue weighted by Crippen LogP contribution is -2.33. The molecule has 3 rings (SSSR count). The molecule has 2 amide bonds. The fourth-order valence-electron chi connectivity index (χ4n) is 2.84. The number of hydrogen-bond acceptors (Lipinski definition) is 2. The molecule has 2 atom stereocenters. The maximum Gasteiger partial charge on any atom is 0.318 e. The van der Waals surface area contributed by atoms with Crippen LogP contribution in [0.5, 0.6) is 0 Å². The monoisotopic (exact) mass is 248 g/mol. The van der Waals surface area contributed by atoms with Crippen molar-refractivity contribution in [1.29, 1.82) is 0 Å². The minimum Gasteiger partial charge on any atom is -0.367 e. The van der Waals surface area contributed by atoms with Gasteiger partial charge in [-0.15, -0.1) is 0 Å². The number of nitrogens with zero attached hydrogens (tertiary/aromatic N) is 1. The van der Waals surface area contributed by atoms with Gasteiger partial charge >= 0.3 is 6.03 Å². The average Bonchev–Trinajstić information content (AvgIpc) is 3.09. The first-order valence-corrected chi connectivity index (χ1v) is 6.74. The molecular weight excluding hydrogens is 228 g/mol. The van der Waals surface area contributed by atoms with Gasteiger partial charge in [0.1, 0.15) is 0 Å². The molecule has 3 heterocycles. The number of carbonyl (C=O) groups is 1. The fourth-order valence-corrected chi connectivity index (χ4v) is 2.84. The number of urea groups is 1. The Hall–Kier alpha value is -1.49. The van der Waals surface area contributed by atoms with E-state index in [2.05, 4.69) is 15.6 Å². The summed E-state index contributed by atoms with van der Waals surface area (Å²) in [5, 5.41) is 6.50. The summed E-state index contributed by atoms with van der Waals surface area (Å²) in [6.45, 7) is 2.76. The summed E-state index contributed by atoms with van der Waals surface area (Å²) in [5.41, 5.74) is 1.16. The summed E-state index contributed by atoms with van der Waals surface area (Å²) < 4.78 is 0. The minimum absolute atomic E-state index is 0.0687. The van der Waals surface area contributed by atoms with Crippen LogP contribution in [0.4, 0.5) is 4.79 Å². The largest absolute Gasteiger partial charge is 0.367 e. The van der Waals surface area contributed by atoms with Crippen molar-refractivity contribution in [3.8, 4) is 0 Å². The van der Waals surface area contributed by atoms with E-state index in [0.29, 0.717) is 6.04 Å². The molecule has 5 heteroatoms. The van der Waals surface area contributed by atoms with E-state index >= 15 is 0 Å². The van der Waals surface area contributed by atoms with Crippen molar-refractivity contribution in [2.45, 2.75) is 31.3 Å². The van der Waals surface area contributed by atoms with Gasteiger partial charge in [0.05, 0.1) is 6.04 Å². The third-order valence-corrected chi connectivity index (χ3v) is 3.92. The van der Waals surface area contributed by atoms with Gasteiger partial charge in [-0.05, 0) is 37.4 Å². The van der Waals surface area contributed by atoms with Gasteiger partial charge in [0.15, 0.2) is 0 Å². The number of carbonyl (C=O) groups excluding carboxylic acids is 1. The zero-order chi connectivity index (χ0) is 12.4. The predicted molar refractivity (Wildman–Crippen MR) is 69.3 cm³/mol. The molecule has 0 radical (unpaired) electrons. The Morgan fingerprint density at radius 3 is 3.11 bits per heavy atom. The number of rotatable bonds is 4. The second-order valence-electron chi connectivity index (χ2n) is 5.17. The van der Waals surface area contributed by atoms with Gasteiger partial charge in [0.2, 0.25) is 0 Å². The summed E-state index contributed by atoms with van der Waals surface area (Å²) in [5.74, 6) is 0. The molecule has 2 unspecified atom stereocenters. The van der Waals surface area contributed by atoms with Crippen molar-refractivity contribution in [3.63, 3.8) is 0 Å². The maximum atomic E-state index is 11.9. The first kappa shape index (κ1) is 11.6. The lowest BCUT2D eigenvalue weighted by atomic mass is 10.1. The Morgan fingerprint density at radius 1 is 1.44 bits per heavy atom. The quantitative estimate of drug-likeness (QED) is 0.750. The molecule has 2 saturated heterocycles. The molecule has 0 spiro atoms. The Morgan fingerprint density at radius 2 is 2.39 bits per heavy atom. The standard InChI is InChI=1S/C13H20N4O/c18-13-16-12(10-3-6-14-8-10)9-17(13)7-4-11-2-1-5-15-11/h3,6,8,11-12,14-15H,1-2,4-5,7,9H2,(H,16,18). The highest BCUT2D eigenvalue weighted by atomic mass is 16.2. The Bertz CT molecular complexity index is 397. The molecule has 5 nitrogen and oxygen atoms in total. The van der Waals surface area contributed by atoms with Crippen molar-refractivity contribution in [2.75, 3.05) is 19.6 Å². The molecule has 2 aliphatic heterocycles. The van der Waals surface area contributed by atoms with E-state index in [-0.39, 0.29) is 12.1 Å². The third-order valence-electron chi connectivity index (χ3n) is 3.92. The van der Waals surface area contributed by atoms with E-state index in [1.54, 1.807) is 0 Å². The zero-order valence-electron chi connectivity index (χ0n) is 10.5. The van der Waals surface area contributed by atoms with Crippen LogP contribution in [0.15, 0.2) is 18.5 Å². The molecule has 98 valence electrons. The highest BCUT2D eigenvalue weighted by Crippen LogP contribution is 2.20. The SMILES string of the molecule is O=C1NC(c2cc[nH]c2)CN1CCC1CCCN1. The van der Waals surface area contributed by atoms with Gasteiger partial charge in [0.25, 0.3) is 0 Å². The van der Waals surface area contributed by atoms with E-state index in [0.717, 1.165) is 31.6 Å². The predicted octanol–water partition coefficient (Wildman–Crippen LogP) is 1.22. The number of aromatic nitrogens is 1. The van der Waals surface area contributed by atoms with Gasteiger partial charge in [-0.2, -0.15) is 0 Å². The van der Waals surface area contributed by atoms with Crippen molar-refractivity contribution in [1.82, 2.24) is 20.5 Å². The Balaban J connectivity index is 1.52. The molecule has 0 saturated carbocycles. The van der Waals surface area contributed by atoms with E-state index in [1.165, 1.54) is 12.8 Å². The van der Waals surface area contributed by atoms with Gasteiger partial charge in [-0.1, -0.05) is 0 Å². The number of aromatic amines is 1. The minimum atomic E-state index is 0.0687. The molecule has 18 heavy (non-hydrogen) atoms. The van der Waals surface area contributed by atoms with E-state index in [4.69, 9.17) is 0 Å². The van der Waals surface area contributed by atoms with E-state index in [9.17, 15) is 4.79 Å². The van der Waals surface area contributed by atoms with Crippen LogP contribution < -0.4 is 10.6 Å². The molecule has 1 aromatic rings. The molecule has 2 aliphatic rings. The van der Waals surface area contributed by atoms with Crippen LogP contribution in [-0.2, 0) is 0 Å². The lowest BCUT2D eigenvalue weighted by Gasteiger charge is -2.17. The normalized spacial score (nSPS) is 27.8. The van der Waals surface area contributed by atoms with Crippen molar-refractivity contribution >= 4 is 6.03 Å². The zero-order valence-corrected chi connectivity index (χ0v) is 10.5. The Kier molecular flexibility index (Phi) is 3.23. The lowest BCUT2D eigenvalue weighted by molar-refractivity contribution is 0.215. The summed E-state index contributed by atoms with van der Waals surface area (Å²) in [6.07, 6.45) is 7.42. The molecule has 0 bridgehead atoms. The van der Waals surface area contributed by atoms with Crippen molar-refractivity contribution in [3.05, 3.63) is 24.0 Å². The van der Waals surface area contributed by atoms with Crippen molar-refractivity contribution in [2.24, 2.45) is 0 Å². The summed E-state index contributed by atoms with van der Waals surface area (Å²) >= 11 is 0. The molecule has 2 fully saturated rings. The van der Waals surface area contributed by atoms with Crippen LogP contribution in [0.1, 0.15) is 30.9 Å². The topological polar surface area (TPSA) is 60.2 Å². The van der Waals surface area contributed by atoms with Crippen molar-refractivity contribution < 1.29 is 4.79 Å². The van der Waals surface area contributed by atoms with E-state index in [1.807, 2.05) is 23.4 Å². The fraction of sp³-hybridized carbons (Fsp3) is 0.615. The molecular formula is C13H20N4O. The molecule has 3 N–H and O–H groups in total. The third kappa shape index (κ3) is 2.36. The van der Waals surface area contributed by atoms with E-state index < -0.39 is 0 Å². The smallest absolute Gasteiger partial charge is 0.318 e. The average molecular weight is 248 g/mol. The first-order valence-electron chi connectivity index (χ1n) is 6.74. The highest BCUT2D eigenvalue weighted by molar-refractivity contribution is 5.77. The van der Waals surface area contributed by atoms with Gasteiger partial charge in [-0.25, -0.2) is 4.79 Å². The molecule has 0 aliphatic carbocycles. The Labute approximate surface area is 107 Å². The van der Waals surface area contributed by atoms with Crippen LogP contribution in [0.2, 0.25) is 0 Å². The number of amides is 2. The number of nitrogens with one attached hydrogen (secondary N) is 3. The molecule has 1 aromatic heterocycles. The second-order valence-corrected chi connectivity index (χ2v) is 5.17. The van der Waals surface area contributed by atoms with Crippen LogP contribution >= 0.6 is 0 Å². The summed E-state index contributed by atoms with van der Waals surface area (Å²) in [7, 11) is 0. The first-order chi connectivity index (χ1) is 8.83. The summed E-state index contributed by atoms with van der Waals surface area (Å²) in [6, 6.07) is 2.83. The second kappa shape index (κ2) is 5.02. The molecule has 0 aromatic carbocycles. The van der Waals surface area contributed by atoms with Crippen LogP contribution in [0, 0.1) is 0 Å². The van der Waals surface area contributed by atoms with Crippen LogP contribution in [-0.4, -0.2) is 41.6 Å². The maximum absolute atomic E-state index is 11.9. The van der Waals surface area contributed by atoms with Gasteiger partial charge in [-0.3, -0.25) is 0 Å². The number of H-pyrrole nitrogens is 1. The van der Waals surface area contributed by atoms with Crippen LogP contribution in [0.25, 0.3) is 0 Å². The highest BCUT2D eigenvalue weighted by Gasteiger charge is 2.30. The van der Waals surface area contributed by atoms with Gasteiger partial charge < -0.3 is 20.5 Å². The summed E-state index contributed by atoms with van der Waals surface area (Å²) in [4.78, 5) is 16.8. The van der Waals surface area contributed by atoms with Gasteiger partial charge in [0, 0.05) is 31.5 Å². The number of hydrogen-bond donors (Lipinski definition) is 3.